The van der Waals surface area contributed by atoms with Crippen molar-refractivity contribution in [3.63, 3.8) is 0 Å². The molecule has 2 atom stereocenters. The van der Waals surface area contributed by atoms with Crippen molar-refractivity contribution in [3.05, 3.63) is 35.9 Å². The lowest BCUT2D eigenvalue weighted by Crippen LogP contribution is -2.53. The maximum absolute atomic E-state index is 13.8. The van der Waals surface area contributed by atoms with Gasteiger partial charge in [-0.1, -0.05) is 65.0 Å². The van der Waals surface area contributed by atoms with Crippen LogP contribution in [-0.2, 0) is 23.9 Å². The number of hydrogen-bond donors (Lipinski definition) is 0. The first-order chi connectivity index (χ1) is 13.9. The first-order valence-electron chi connectivity index (χ1n) is 10.9. The highest BCUT2D eigenvalue weighted by molar-refractivity contribution is 5.91. The van der Waals surface area contributed by atoms with Crippen molar-refractivity contribution >= 4 is 17.9 Å². The van der Waals surface area contributed by atoms with E-state index in [1.807, 2.05) is 51.1 Å². The average molecular weight is 433 g/mol. The maximum atomic E-state index is 13.8. The number of hydrogen-bond acceptors (Lipinski definition) is 5. The summed E-state index contributed by atoms with van der Waals surface area (Å²) >= 11 is 0. The number of aldehydes is 1. The van der Waals surface area contributed by atoms with Gasteiger partial charge in [-0.05, 0) is 40.2 Å². The summed E-state index contributed by atoms with van der Waals surface area (Å²) in [5.41, 5.74) is -2.49. The molecule has 1 aromatic rings. The second-order valence-corrected chi connectivity index (χ2v) is 11.1. The number of Topliss-reactive ketones (excluding diaryl/α,β-unsaturated/α-hetero) is 2. The van der Waals surface area contributed by atoms with Crippen LogP contribution in [0.15, 0.2) is 30.3 Å². The Labute approximate surface area is 187 Å². The highest BCUT2D eigenvalue weighted by Crippen LogP contribution is 2.42. The van der Waals surface area contributed by atoms with Crippen molar-refractivity contribution in [3.8, 4) is 0 Å². The van der Waals surface area contributed by atoms with Crippen molar-refractivity contribution in [1.82, 2.24) is 0 Å². The Hall–Kier alpha value is -1.85. The van der Waals surface area contributed by atoms with Gasteiger partial charge in [0, 0.05) is 11.8 Å². The molecule has 5 nitrogen and oxygen atoms in total. The Morgan fingerprint density at radius 1 is 0.839 bits per heavy atom. The summed E-state index contributed by atoms with van der Waals surface area (Å²) < 4.78 is 12.4. The zero-order chi connectivity index (χ0) is 24.3. The van der Waals surface area contributed by atoms with Crippen LogP contribution < -0.4 is 0 Å². The van der Waals surface area contributed by atoms with Crippen molar-refractivity contribution in [2.75, 3.05) is 0 Å². The fourth-order valence-electron chi connectivity index (χ4n) is 3.16. The number of ether oxygens (including phenoxy) is 2. The van der Waals surface area contributed by atoms with E-state index in [1.165, 1.54) is 0 Å². The van der Waals surface area contributed by atoms with Crippen LogP contribution in [0.2, 0.25) is 0 Å². The summed E-state index contributed by atoms with van der Waals surface area (Å²) in [6.07, 6.45) is -1.07. The Kier molecular flexibility index (Phi) is 8.54. The largest absolute Gasteiger partial charge is 0.363 e. The van der Waals surface area contributed by atoms with E-state index in [2.05, 4.69) is 0 Å². The van der Waals surface area contributed by atoms with E-state index < -0.39 is 34.2 Å². The van der Waals surface area contributed by atoms with Crippen molar-refractivity contribution in [2.24, 2.45) is 10.8 Å². The van der Waals surface area contributed by atoms with Gasteiger partial charge in [0.05, 0.1) is 16.6 Å². The molecule has 5 heteroatoms. The normalized spacial score (nSPS) is 15.3. The third kappa shape index (κ3) is 7.08. The molecular formula is C26H40O5. The summed E-state index contributed by atoms with van der Waals surface area (Å²) in [5, 5.41) is 0. The van der Waals surface area contributed by atoms with Crippen LogP contribution in [0.4, 0.5) is 0 Å². The van der Waals surface area contributed by atoms with Crippen molar-refractivity contribution < 1.29 is 23.9 Å². The van der Waals surface area contributed by atoms with Crippen LogP contribution in [0.25, 0.3) is 0 Å². The molecule has 0 fully saturated rings. The zero-order valence-electron chi connectivity index (χ0n) is 20.9. The molecule has 0 radical (unpaired) electrons. The molecule has 31 heavy (non-hydrogen) atoms. The molecule has 0 bridgehead atoms. The van der Waals surface area contributed by atoms with Gasteiger partial charge in [0.15, 0.2) is 11.6 Å². The quantitative estimate of drug-likeness (QED) is 0.456. The third-order valence-electron chi connectivity index (χ3n) is 5.71. The van der Waals surface area contributed by atoms with E-state index in [0.717, 1.165) is 5.56 Å². The molecule has 0 saturated heterocycles. The number of rotatable bonds is 10. The van der Waals surface area contributed by atoms with Gasteiger partial charge >= 0.3 is 0 Å². The Bertz CT molecular complexity index is 763. The minimum absolute atomic E-state index is 0.0512. The second-order valence-electron chi connectivity index (χ2n) is 11.1. The first-order valence-corrected chi connectivity index (χ1v) is 10.9. The number of ketones is 2. The van der Waals surface area contributed by atoms with E-state index in [9.17, 15) is 14.4 Å². The highest BCUT2D eigenvalue weighted by atomic mass is 16.5. The fraction of sp³-hybridized carbons (Fsp3) is 0.654. The van der Waals surface area contributed by atoms with Gasteiger partial charge in [-0.2, -0.15) is 0 Å². The third-order valence-corrected chi connectivity index (χ3v) is 5.71. The maximum Gasteiger partial charge on any atom is 0.174 e. The number of benzene rings is 1. The minimum atomic E-state index is -1.03. The fourth-order valence-corrected chi connectivity index (χ4v) is 3.16. The van der Waals surface area contributed by atoms with Gasteiger partial charge in [0.25, 0.3) is 0 Å². The molecule has 1 aromatic carbocycles. The number of carbonyl (C=O) groups is 3. The molecule has 0 N–H and O–H groups in total. The minimum Gasteiger partial charge on any atom is -0.363 e. The molecule has 0 spiro atoms. The van der Waals surface area contributed by atoms with Crippen LogP contribution in [0.3, 0.4) is 0 Å². The van der Waals surface area contributed by atoms with Gasteiger partial charge in [-0.25, -0.2) is 0 Å². The Morgan fingerprint density at radius 2 is 1.35 bits per heavy atom. The zero-order valence-corrected chi connectivity index (χ0v) is 20.9. The second kappa shape index (κ2) is 9.74. The molecule has 2 unspecified atom stereocenters. The Morgan fingerprint density at radius 3 is 1.77 bits per heavy atom. The van der Waals surface area contributed by atoms with Gasteiger partial charge in [0.2, 0.25) is 0 Å². The van der Waals surface area contributed by atoms with E-state index in [0.29, 0.717) is 6.29 Å². The van der Waals surface area contributed by atoms with Crippen LogP contribution in [0.1, 0.15) is 87.3 Å². The summed E-state index contributed by atoms with van der Waals surface area (Å²) in [5.74, 6) is -0.312. The van der Waals surface area contributed by atoms with Crippen molar-refractivity contribution in [1.29, 1.82) is 0 Å². The molecule has 0 saturated carbocycles. The molecule has 174 valence electrons. The topological polar surface area (TPSA) is 69.7 Å². The lowest BCUT2D eigenvalue weighted by atomic mass is 9.71. The summed E-state index contributed by atoms with van der Waals surface area (Å²) in [4.78, 5) is 38.0. The van der Waals surface area contributed by atoms with E-state index >= 15 is 0 Å². The lowest BCUT2D eigenvalue weighted by Gasteiger charge is -2.44. The van der Waals surface area contributed by atoms with Crippen LogP contribution in [0.5, 0.6) is 0 Å². The predicted octanol–water partition coefficient (Wildman–Crippen LogP) is 5.51. The molecule has 0 heterocycles. The van der Waals surface area contributed by atoms with Gasteiger partial charge < -0.3 is 14.3 Å². The lowest BCUT2D eigenvalue weighted by molar-refractivity contribution is -0.182. The molecule has 0 aliphatic carbocycles. The standard InChI is InChI=1S/C26H40O5/c1-23(2,3)21(28)19(16-17-27)30-26(9,10)25(7,8)22(29)20(31-24(4,5)6)18-14-12-11-13-15-18/h11-15,17,19-20H,16H2,1-10H3. The molecule has 1 rings (SSSR count). The highest BCUT2D eigenvalue weighted by Gasteiger charge is 2.50. The van der Waals surface area contributed by atoms with Gasteiger partial charge in [-0.3, -0.25) is 9.59 Å². The SMILES string of the molecule is CC(C)(C)OC(C(=O)C(C)(C)C(C)(C)OC(CC=O)C(=O)C(C)(C)C)c1ccccc1. The molecule has 0 aliphatic rings. The molecule has 0 aliphatic heterocycles. The molecular weight excluding hydrogens is 392 g/mol. The predicted molar refractivity (Wildman–Crippen MR) is 123 cm³/mol. The molecule has 0 aromatic heterocycles. The van der Waals surface area contributed by atoms with E-state index in [1.54, 1.807) is 48.5 Å². The van der Waals surface area contributed by atoms with Gasteiger partial charge in [0.1, 0.15) is 18.5 Å². The summed E-state index contributed by atoms with van der Waals surface area (Å²) in [7, 11) is 0. The van der Waals surface area contributed by atoms with Crippen LogP contribution in [0, 0.1) is 10.8 Å². The van der Waals surface area contributed by atoms with E-state index in [4.69, 9.17) is 9.47 Å². The van der Waals surface area contributed by atoms with E-state index in [-0.39, 0.29) is 18.0 Å². The van der Waals surface area contributed by atoms with Crippen LogP contribution in [-0.4, -0.2) is 35.2 Å². The molecule has 0 amide bonds. The average Bonchev–Trinajstić information content (AvgIpc) is 2.63. The van der Waals surface area contributed by atoms with Crippen molar-refractivity contribution in [2.45, 2.75) is 99.1 Å². The summed E-state index contributed by atoms with van der Waals surface area (Å²) in [6.45, 7) is 18.3. The summed E-state index contributed by atoms with van der Waals surface area (Å²) in [6, 6.07) is 9.38. The monoisotopic (exact) mass is 432 g/mol. The first kappa shape index (κ1) is 27.2. The van der Waals surface area contributed by atoms with Gasteiger partial charge in [-0.15, -0.1) is 0 Å². The smallest absolute Gasteiger partial charge is 0.174 e. The number of carbonyl (C=O) groups excluding carboxylic acids is 3. The van der Waals surface area contributed by atoms with Crippen LogP contribution >= 0.6 is 0 Å². The Balaban J connectivity index is 3.32.